The first-order valence-electron chi connectivity index (χ1n) is 9.60. The van der Waals surface area contributed by atoms with Gasteiger partial charge in [-0.05, 0) is 38.2 Å². The van der Waals surface area contributed by atoms with Gasteiger partial charge in [-0.15, -0.1) is 12.4 Å². The van der Waals surface area contributed by atoms with E-state index < -0.39 is 4.92 Å². The summed E-state index contributed by atoms with van der Waals surface area (Å²) in [4.78, 5) is 32.8. The summed E-state index contributed by atoms with van der Waals surface area (Å²) >= 11 is 1.45. The van der Waals surface area contributed by atoms with Crippen molar-refractivity contribution in [3.05, 3.63) is 63.7 Å². The smallest absolute Gasteiger partial charge is 0.273 e. The molecule has 0 aliphatic heterocycles. The van der Waals surface area contributed by atoms with Crippen LogP contribution < -0.4 is 4.90 Å². The minimum atomic E-state index is -0.454. The van der Waals surface area contributed by atoms with Crippen molar-refractivity contribution in [2.45, 2.75) is 20.8 Å². The summed E-state index contributed by atoms with van der Waals surface area (Å²) in [5, 5.41) is 11.9. The SMILES string of the molecule is CCN(CC)CCN(C(=O)c1cccc([N+](=O)[O-])c1C)c1nc2ccccc2s1.Cl. The molecule has 0 bridgehead atoms. The van der Waals surface area contributed by atoms with Gasteiger partial charge in [0.15, 0.2) is 5.13 Å². The number of aromatic nitrogens is 1. The van der Waals surface area contributed by atoms with E-state index in [9.17, 15) is 14.9 Å². The molecule has 7 nitrogen and oxygen atoms in total. The molecule has 1 heterocycles. The molecule has 0 N–H and O–H groups in total. The fourth-order valence-corrected chi connectivity index (χ4v) is 4.23. The van der Waals surface area contributed by atoms with Gasteiger partial charge in [0.05, 0.1) is 15.1 Å². The van der Waals surface area contributed by atoms with Crippen molar-refractivity contribution in [1.29, 1.82) is 0 Å². The third kappa shape index (κ3) is 4.95. The maximum Gasteiger partial charge on any atom is 0.273 e. The summed E-state index contributed by atoms with van der Waals surface area (Å²) in [6.45, 7) is 8.70. The third-order valence-corrected chi connectivity index (χ3v) is 6.08. The molecule has 2 aromatic carbocycles. The molecule has 3 rings (SSSR count). The fraction of sp³-hybridized carbons (Fsp3) is 0.333. The minimum Gasteiger partial charge on any atom is -0.302 e. The molecule has 0 radical (unpaired) electrons. The number of hydrogen-bond donors (Lipinski definition) is 0. The van der Waals surface area contributed by atoms with E-state index in [-0.39, 0.29) is 24.0 Å². The van der Waals surface area contributed by atoms with Crippen LogP contribution in [-0.2, 0) is 0 Å². The van der Waals surface area contributed by atoms with Crippen molar-refractivity contribution in [1.82, 2.24) is 9.88 Å². The number of halogens is 1. The first kappa shape index (κ1) is 23.7. The monoisotopic (exact) mass is 448 g/mol. The van der Waals surface area contributed by atoms with Gasteiger partial charge in [-0.1, -0.05) is 43.4 Å². The summed E-state index contributed by atoms with van der Waals surface area (Å²) < 4.78 is 0.999. The number of nitro benzene ring substituents is 1. The topological polar surface area (TPSA) is 79.6 Å². The van der Waals surface area contributed by atoms with E-state index in [4.69, 9.17) is 0 Å². The number of nitro groups is 1. The van der Waals surface area contributed by atoms with Gasteiger partial charge in [-0.3, -0.25) is 19.8 Å². The third-order valence-electron chi connectivity index (χ3n) is 5.03. The predicted octanol–water partition coefficient (Wildman–Crippen LogP) is 4.92. The number of anilines is 1. The minimum absolute atomic E-state index is 0. The number of rotatable bonds is 8. The van der Waals surface area contributed by atoms with Crippen molar-refractivity contribution >= 4 is 50.7 Å². The van der Waals surface area contributed by atoms with E-state index in [1.54, 1.807) is 24.0 Å². The van der Waals surface area contributed by atoms with Crippen LogP contribution in [0.2, 0.25) is 0 Å². The summed E-state index contributed by atoms with van der Waals surface area (Å²) in [5.74, 6) is -0.266. The largest absolute Gasteiger partial charge is 0.302 e. The molecule has 0 atom stereocenters. The predicted molar refractivity (Wildman–Crippen MR) is 124 cm³/mol. The lowest BCUT2D eigenvalue weighted by Crippen LogP contribution is -2.39. The van der Waals surface area contributed by atoms with Crippen LogP contribution in [0.5, 0.6) is 0 Å². The highest BCUT2D eigenvalue weighted by molar-refractivity contribution is 7.22. The first-order chi connectivity index (χ1) is 14.0. The number of nitrogens with zero attached hydrogens (tertiary/aromatic N) is 4. The number of amides is 1. The van der Waals surface area contributed by atoms with Crippen molar-refractivity contribution < 1.29 is 9.72 Å². The average molecular weight is 449 g/mol. The van der Waals surface area contributed by atoms with Gasteiger partial charge in [-0.25, -0.2) is 4.98 Å². The van der Waals surface area contributed by atoms with Gasteiger partial charge in [0.2, 0.25) is 0 Å². The molecule has 0 aliphatic carbocycles. The van der Waals surface area contributed by atoms with Crippen molar-refractivity contribution in [3.63, 3.8) is 0 Å². The van der Waals surface area contributed by atoms with Gasteiger partial charge in [0.1, 0.15) is 0 Å². The Balaban J connectivity index is 0.00000320. The molecular formula is C21H25ClN4O3S. The van der Waals surface area contributed by atoms with Crippen LogP contribution >= 0.6 is 23.7 Å². The maximum atomic E-state index is 13.5. The first-order valence-corrected chi connectivity index (χ1v) is 10.4. The molecule has 1 aromatic heterocycles. The molecular weight excluding hydrogens is 424 g/mol. The molecule has 30 heavy (non-hydrogen) atoms. The number of benzene rings is 2. The van der Waals surface area contributed by atoms with Crippen LogP contribution in [0.3, 0.4) is 0 Å². The lowest BCUT2D eigenvalue weighted by molar-refractivity contribution is -0.385. The Morgan fingerprint density at radius 2 is 1.80 bits per heavy atom. The Bertz CT molecular complexity index is 1000. The van der Waals surface area contributed by atoms with Gasteiger partial charge in [0, 0.05) is 30.3 Å². The number of carbonyl (C=O) groups is 1. The van der Waals surface area contributed by atoms with E-state index in [2.05, 4.69) is 23.7 Å². The highest BCUT2D eigenvalue weighted by Gasteiger charge is 2.26. The Morgan fingerprint density at radius 1 is 1.10 bits per heavy atom. The van der Waals surface area contributed by atoms with Crippen LogP contribution in [-0.4, -0.2) is 46.9 Å². The molecule has 0 saturated heterocycles. The number of para-hydroxylation sites is 1. The zero-order chi connectivity index (χ0) is 21.0. The van der Waals surface area contributed by atoms with Gasteiger partial charge in [-0.2, -0.15) is 0 Å². The second-order valence-electron chi connectivity index (χ2n) is 6.65. The van der Waals surface area contributed by atoms with Crippen LogP contribution in [0.15, 0.2) is 42.5 Å². The lowest BCUT2D eigenvalue weighted by Gasteiger charge is -2.25. The van der Waals surface area contributed by atoms with Crippen LogP contribution in [0, 0.1) is 17.0 Å². The normalized spacial score (nSPS) is 10.8. The maximum absolute atomic E-state index is 13.5. The molecule has 0 spiro atoms. The second-order valence-corrected chi connectivity index (χ2v) is 7.66. The summed E-state index contributed by atoms with van der Waals surface area (Å²) in [5.41, 5.74) is 1.49. The quantitative estimate of drug-likeness (QED) is 0.361. The standard InChI is InChI=1S/C21H24N4O3S.ClH/c1-4-23(5-2)13-14-24(21-22-17-10-6-7-12-19(17)29-21)20(26)16-9-8-11-18(15(16)3)25(27)28;/h6-12H,4-5,13-14H2,1-3H3;1H. The van der Waals surface area contributed by atoms with E-state index in [0.717, 1.165) is 23.3 Å². The second kappa shape index (κ2) is 10.5. The van der Waals surface area contributed by atoms with Crippen molar-refractivity contribution in [2.24, 2.45) is 0 Å². The number of likely N-dealkylation sites (N-methyl/N-ethyl adjacent to an activating group) is 1. The molecule has 160 valence electrons. The highest BCUT2D eigenvalue weighted by Crippen LogP contribution is 2.31. The highest BCUT2D eigenvalue weighted by atomic mass is 35.5. The van der Waals surface area contributed by atoms with E-state index in [1.807, 2.05) is 24.3 Å². The summed E-state index contributed by atoms with van der Waals surface area (Å²) in [6.07, 6.45) is 0. The van der Waals surface area contributed by atoms with E-state index in [1.165, 1.54) is 17.4 Å². The number of fused-ring (bicyclic) bond motifs is 1. The van der Waals surface area contributed by atoms with Crippen molar-refractivity contribution in [3.8, 4) is 0 Å². The number of carbonyl (C=O) groups excluding carboxylic acids is 1. The molecule has 3 aromatic rings. The molecule has 0 saturated carbocycles. The molecule has 0 fully saturated rings. The molecule has 9 heteroatoms. The zero-order valence-electron chi connectivity index (χ0n) is 17.2. The van der Waals surface area contributed by atoms with Crippen LogP contribution in [0.4, 0.5) is 10.8 Å². The molecule has 0 aliphatic rings. The summed E-state index contributed by atoms with van der Waals surface area (Å²) in [6, 6.07) is 12.4. The van der Waals surface area contributed by atoms with Crippen LogP contribution in [0.25, 0.3) is 10.2 Å². The van der Waals surface area contributed by atoms with Crippen LogP contribution in [0.1, 0.15) is 29.8 Å². The summed E-state index contributed by atoms with van der Waals surface area (Å²) in [7, 11) is 0. The van der Waals surface area contributed by atoms with Crippen molar-refractivity contribution in [2.75, 3.05) is 31.1 Å². The average Bonchev–Trinajstić information content (AvgIpc) is 3.14. The van der Waals surface area contributed by atoms with Gasteiger partial charge in [0.25, 0.3) is 11.6 Å². The Labute approximate surface area is 185 Å². The van der Waals surface area contributed by atoms with E-state index >= 15 is 0 Å². The lowest BCUT2D eigenvalue weighted by atomic mass is 10.1. The Hall–Kier alpha value is -2.55. The fourth-order valence-electron chi connectivity index (χ4n) is 3.24. The zero-order valence-corrected chi connectivity index (χ0v) is 18.8. The molecule has 0 unspecified atom stereocenters. The van der Waals surface area contributed by atoms with E-state index in [0.29, 0.717) is 29.3 Å². The van der Waals surface area contributed by atoms with Gasteiger partial charge >= 0.3 is 0 Å². The number of thiazole rings is 1. The van der Waals surface area contributed by atoms with Gasteiger partial charge < -0.3 is 4.90 Å². The molecule has 1 amide bonds. The Kier molecular flexibility index (Phi) is 8.28. The number of hydrogen-bond acceptors (Lipinski definition) is 6. The Morgan fingerprint density at radius 3 is 2.43 bits per heavy atom.